The normalized spacial score (nSPS) is 17.3. The van der Waals surface area contributed by atoms with Crippen molar-refractivity contribution >= 4 is 11.8 Å². The molecule has 0 saturated carbocycles. The number of hydrogen-bond acceptors (Lipinski definition) is 3. The number of aryl methyl sites for hydroxylation is 1. The van der Waals surface area contributed by atoms with Crippen molar-refractivity contribution in [3.05, 3.63) is 65.2 Å². The first-order chi connectivity index (χ1) is 11.6. The van der Waals surface area contributed by atoms with Crippen LogP contribution in [0.4, 0.5) is 0 Å². The van der Waals surface area contributed by atoms with Crippen LogP contribution < -0.4 is 10.1 Å². The molecule has 5 nitrogen and oxygen atoms in total. The van der Waals surface area contributed by atoms with Crippen LogP contribution in [0.2, 0.25) is 0 Å². The minimum atomic E-state index is -0.628. The number of rotatable bonds is 3. The van der Waals surface area contributed by atoms with Crippen LogP contribution >= 0.6 is 0 Å². The molecule has 5 heteroatoms. The van der Waals surface area contributed by atoms with E-state index >= 15 is 0 Å². The van der Waals surface area contributed by atoms with Gasteiger partial charge in [-0.15, -0.1) is 0 Å². The zero-order valence-corrected chi connectivity index (χ0v) is 13.8. The first-order valence-electron chi connectivity index (χ1n) is 7.90. The number of carbonyl (C=O) groups is 2. The van der Waals surface area contributed by atoms with E-state index in [1.165, 1.54) is 0 Å². The van der Waals surface area contributed by atoms with Gasteiger partial charge in [-0.05, 0) is 36.2 Å². The van der Waals surface area contributed by atoms with E-state index in [-0.39, 0.29) is 11.8 Å². The van der Waals surface area contributed by atoms with Gasteiger partial charge < -0.3 is 15.0 Å². The fourth-order valence-electron chi connectivity index (χ4n) is 2.97. The highest BCUT2D eigenvalue weighted by molar-refractivity contribution is 5.99. The van der Waals surface area contributed by atoms with E-state index in [0.29, 0.717) is 24.4 Å². The molecular weight excluding hydrogens is 304 g/mol. The predicted molar refractivity (Wildman–Crippen MR) is 91.0 cm³/mol. The third-order valence-electron chi connectivity index (χ3n) is 4.28. The lowest BCUT2D eigenvalue weighted by atomic mass is 10.00. The maximum atomic E-state index is 13.0. The molecule has 2 aromatic rings. The van der Waals surface area contributed by atoms with Gasteiger partial charge in [0.05, 0.1) is 7.11 Å². The Balaban J connectivity index is 1.96. The Morgan fingerprint density at radius 2 is 1.88 bits per heavy atom. The molecule has 1 aliphatic rings. The Labute approximate surface area is 141 Å². The van der Waals surface area contributed by atoms with Crippen LogP contribution in [0.5, 0.6) is 5.75 Å². The second kappa shape index (κ2) is 6.74. The van der Waals surface area contributed by atoms with Crippen molar-refractivity contribution in [2.45, 2.75) is 13.0 Å². The number of benzene rings is 2. The molecule has 0 spiro atoms. The topological polar surface area (TPSA) is 58.6 Å². The van der Waals surface area contributed by atoms with E-state index in [2.05, 4.69) is 5.32 Å². The number of ether oxygens (including phenoxy) is 1. The minimum Gasteiger partial charge on any atom is -0.497 e. The molecule has 124 valence electrons. The lowest BCUT2D eigenvalue weighted by Crippen LogP contribution is -2.52. The molecule has 1 saturated heterocycles. The fourth-order valence-corrected chi connectivity index (χ4v) is 2.97. The SMILES string of the molecule is COc1ccc(C2C(=O)NCCN2C(=O)c2ccccc2C)cc1. The number of hydrogen-bond donors (Lipinski definition) is 1. The summed E-state index contributed by atoms with van der Waals surface area (Å²) in [6, 6.07) is 14.1. The Kier molecular flexibility index (Phi) is 4.51. The molecule has 1 N–H and O–H groups in total. The summed E-state index contributed by atoms with van der Waals surface area (Å²) in [5.41, 5.74) is 2.31. The summed E-state index contributed by atoms with van der Waals surface area (Å²) < 4.78 is 5.16. The van der Waals surface area contributed by atoms with Crippen LogP contribution in [0.25, 0.3) is 0 Å². The zero-order chi connectivity index (χ0) is 17.1. The highest BCUT2D eigenvalue weighted by Crippen LogP contribution is 2.27. The summed E-state index contributed by atoms with van der Waals surface area (Å²) >= 11 is 0. The van der Waals surface area contributed by atoms with Gasteiger partial charge in [0.1, 0.15) is 11.8 Å². The zero-order valence-electron chi connectivity index (χ0n) is 13.8. The Bertz CT molecular complexity index is 755. The predicted octanol–water partition coefficient (Wildman–Crippen LogP) is 2.32. The van der Waals surface area contributed by atoms with Crippen molar-refractivity contribution in [2.75, 3.05) is 20.2 Å². The Morgan fingerprint density at radius 3 is 2.54 bits per heavy atom. The molecule has 2 aromatic carbocycles. The number of nitrogens with zero attached hydrogens (tertiary/aromatic N) is 1. The molecule has 1 aliphatic heterocycles. The lowest BCUT2D eigenvalue weighted by Gasteiger charge is -2.35. The fraction of sp³-hybridized carbons (Fsp3) is 0.263. The van der Waals surface area contributed by atoms with E-state index < -0.39 is 6.04 Å². The standard InChI is InChI=1S/C19H20N2O3/c1-13-5-3-4-6-16(13)19(23)21-12-11-20-18(22)17(21)14-7-9-15(24-2)10-8-14/h3-10,17H,11-12H2,1-2H3,(H,20,22). The Morgan fingerprint density at radius 1 is 1.17 bits per heavy atom. The summed E-state index contributed by atoms with van der Waals surface area (Å²) in [5.74, 6) is 0.434. The molecule has 0 bridgehead atoms. The second-order valence-corrected chi connectivity index (χ2v) is 5.78. The van der Waals surface area contributed by atoms with Crippen molar-refractivity contribution in [1.82, 2.24) is 10.2 Å². The molecular formula is C19H20N2O3. The van der Waals surface area contributed by atoms with E-state index in [9.17, 15) is 9.59 Å². The first kappa shape index (κ1) is 16.1. The van der Waals surface area contributed by atoms with Gasteiger partial charge in [0.15, 0.2) is 0 Å². The number of nitrogens with one attached hydrogen (secondary N) is 1. The highest BCUT2D eigenvalue weighted by Gasteiger charge is 2.35. The summed E-state index contributed by atoms with van der Waals surface area (Å²) in [6.45, 7) is 2.85. The van der Waals surface area contributed by atoms with Gasteiger partial charge in [0.25, 0.3) is 5.91 Å². The van der Waals surface area contributed by atoms with Gasteiger partial charge in [-0.1, -0.05) is 30.3 Å². The maximum absolute atomic E-state index is 13.0. The molecule has 0 radical (unpaired) electrons. The summed E-state index contributed by atoms with van der Waals surface area (Å²) in [6.07, 6.45) is 0. The average Bonchev–Trinajstić information content (AvgIpc) is 2.61. The summed E-state index contributed by atoms with van der Waals surface area (Å²) in [5, 5.41) is 2.85. The number of carbonyl (C=O) groups excluding carboxylic acids is 2. The number of piperazine rings is 1. The van der Waals surface area contributed by atoms with E-state index in [0.717, 1.165) is 11.1 Å². The third kappa shape index (κ3) is 2.97. The largest absolute Gasteiger partial charge is 0.497 e. The van der Waals surface area contributed by atoms with Crippen molar-refractivity contribution in [3.63, 3.8) is 0 Å². The number of methoxy groups -OCH3 is 1. The molecule has 1 atom stereocenters. The molecule has 0 aromatic heterocycles. The first-order valence-corrected chi connectivity index (χ1v) is 7.90. The minimum absolute atomic E-state index is 0.122. The van der Waals surface area contributed by atoms with Crippen molar-refractivity contribution in [3.8, 4) is 5.75 Å². The molecule has 1 heterocycles. The quantitative estimate of drug-likeness (QED) is 0.942. The van der Waals surface area contributed by atoms with E-state index in [1.807, 2.05) is 37.3 Å². The molecule has 2 amide bonds. The van der Waals surface area contributed by atoms with Crippen LogP contribution in [-0.4, -0.2) is 36.9 Å². The van der Waals surface area contributed by atoms with E-state index in [1.54, 1.807) is 30.2 Å². The van der Waals surface area contributed by atoms with Gasteiger partial charge in [0.2, 0.25) is 5.91 Å². The van der Waals surface area contributed by atoms with Crippen LogP contribution in [0.3, 0.4) is 0 Å². The van der Waals surface area contributed by atoms with Gasteiger partial charge >= 0.3 is 0 Å². The molecule has 3 rings (SSSR count). The average molecular weight is 324 g/mol. The summed E-state index contributed by atoms with van der Waals surface area (Å²) in [7, 11) is 1.59. The number of amides is 2. The molecule has 1 fully saturated rings. The Hall–Kier alpha value is -2.82. The van der Waals surface area contributed by atoms with Crippen LogP contribution in [-0.2, 0) is 4.79 Å². The lowest BCUT2D eigenvalue weighted by molar-refractivity contribution is -0.128. The highest BCUT2D eigenvalue weighted by atomic mass is 16.5. The smallest absolute Gasteiger partial charge is 0.255 e. The molecule has 0 aliphatic carbocycles. The third-order valence-corrected chi connectivity index (χ3v) is 4.28. The van der Waals surface area contributed by atoms with Gasteiger partial charge in [-0.2, -0.15) is 0 Å². The van der Waals surface area contributed by atoms with Crippen molar-refractivity contribution in [2.24, 2.45) is 0 Å². The molecule has 24 heavy (non-hydrogen) atoms. The van der Waals surface area contributed by atoms with Crippen molar-refractivity contribution < 1.29 is 14.3 Å². The monoisotopic (exact) mass is 324 g/mol. The van der Waals surface area contributed by atoms with Crippen LogP contribution in [0.1, 0.15) is 27.5 Å². The van der Waals surface area contributed by atoms with Gasteiger partial charge in [0, 0.05) is 18.7 Å². The van der Waals surface area contributed by atoms with Crippen LogP contribution in [0.15, 0.2) is 48.5 Å². The van der Waals surface area contributed by atoms with Crippen molar-refractivity contribution in [1.29, 1.82) is 0 Å². The van der Waals surface area contributed by atoms with E-state index in [4.69, 9.17) is 4.74 Å². The van der Waals surface area contributed by atoms with Crippen LogP contribution in [0, 0.1) is 6.92 Å². The second-order valence-electron chi connectivity index (χ2n) is 5.78. The maximum Gasteiger partial charge on any atom is 0.255 e. The summed E-state index contributed by atoms with van der Waals surface area (Å²) in [4.78, 5) is 27.1. The van der Waals surface area contributed by atoms with Gasteiger partial charge in [-0.3, -0.25) is 9.59 Å². The van der Waals surface area contributed by atoms with Gasteiger partial charge in [-0.25, -0.2) is 0 Å². The molecule has 1 unspecified atom stereocenters.